The average Bonchev–Trinajstić information content (AvgIpc) is 1.67. The molecular weight excluding hydrogens is 104 g/mol. The Labute approximate surface area is 48.8 Å². The van der Waals surface area contributed by atoms with Crippen molar-refractivity contribution in [1.82, 2.24) is 0 Å². The molecule has 0 aromatic heterocycles. The number of Topliss-reactive ketones (excluding diaryl/α,β-unsaturated/α-hetero) is 1. The van der Waals surface area contributed by atoms with Gasteiger partial charge in [-0.15, -0.1) is 0 Å². The summed E-state index contributed by atoms with van der Waals surface area (Å²) in [5.41, 5.74) is 0. The van der Waals surface area contributed by atoms with E-state index in [4.69, 9.17) is 5.11 Å². The largest absolute Gasteiger partial charge is 0.381 e. The Morgan fingerprint density at radius 3 is 2.38 bits per heavy atom. The van der Waals surface area contributed by atoms with Crippen molar-refractivity contribution in [2.75, 3.05) is 0 Å². The minimum Gasteiger partial charge on any atom is -0.381 e. The number of aliphatic hydroxyl groups is 1. The van der Waals surface area contributed by atoms with Crippen LogP contribution in [0.25, 0.3) is 0 Å². The van der Waals surface area contributed by atoms with E-state index in [1.165, 1.54) is 13.0 Å². The van der Waals surface area contributed by atoms with Crippen LogP contribution in [0.3, 0.4) is 0 Å². The smallest absolute Gasteiger partial charge is 0.162 e. The molecule has 0 aromatic rings. The Morgan fingerprint density at radius 2 is 2.25 bits per heavy atom. The fraction of sp³-hybridized carbons (Fsp3) is 0.500. The highest BCUT2D eigenvalue weighted by Gasteiger charge is 2.01. The molecule has 1 atom stereocenters. The molecule has 0 aliphatic rings. The SMILES string of the molecule is C/C=C/[C@H](O)C(C)=O. The van der Waals surface area contributed by atoms with Crippen LogP contribution in [0.1, 0.15) is 13.8 Å². The van der Waals surface area contributed by atoms with E-state index in [9.17, 15) is 4.79 Å². The van der Waals surface area contributed by atoms with Crippen molar-refractivity contribution >= 4 is 5.78 Å². The number of allylic oxidation sites excluding steroid dienone is 1. The molecule has 46 valence electrons. The monoisotopic (exact) mass is 114 g/mol. The van der Waals surface area contributed by atoms with Crippen LogP contribution in [0.4, 0.5) is 0 Å². The van der Waals surface area contributed by atoms with Crippen molar-refractivity contribution in [2.45, 2.75) is 20.0 Å². The summed E-state index contributed by atoms with van der Waals surface area (Å²) in [5, 5.41) is 8.69. The lowest BCUT2D eigenvalue weighted by Gasteiger charge is -1.94. The number of rotatable bonds is 2. The number of aliphatic hydroxyl groups excluding tert-OH is 1. The summed E-state index contributed by atoms with van der Waals surface area (Å²) in [6, 6.07) is 0. The van der Waals surface area contributed by atoms with E-state index >= 15 is 0 Å². The lowest BCUT2D eigenvalue weighted by atomic mass is 10.2. The molecule has 0 amide bonds. The van der Waals surface area contributed by atoms with Gasteiger partial charge in [-0.2, -0.15) is 0 Å². The second-order valence-electron chi connectivity index (χ2n) is 1.58. The topological polar surface area (TPSA) is 37.3 Å². The molecule has 2 heteroatoms. The molecule has 0 saturated carbocycles. The van der Waals surface area contributed by atoms with Crippen molar-refractivity contribution in [1.29, 1.82) is 0 Å². The maximum atomic E-state index is 10.2. The highest BCUT2D eigenvalue weighted by molar-refractivity contribution is 5.81. The van der Waals surface area contributed by atoms with Gasteiger partial charge in [0.05, 0.1) is 0 Å². The van der Waals surface area contributed by atoms with Crippen LogP contribution in [0.5, 0.6) is 0 Å². The molecule has 0 fully saturated rings. The zero-order chi connectivity index (χ0) is 6.57. The normalized spacial score (nSPS) is 14.4. The van der Waals surface area contributed by atoms with Crippen LogP contribution in [-0.2, 0) is 4.79 Å². The molecule has 0 unspecified atom stereocenters. The van der Waals surface area contributed by atoms with E-state index < -0.39 is 6.10 Å². The third-order valence-corrected chi connectivity index (χ3v) is 0.791. The molecule has 8 heavy (non-hydrogen) atoms. The van der Waals surface area contributed by atoms with Crippen LogP contribution in [0.15, 0.2) is 12.2 Å². The third kappa shape index (κ3) is 2.53. The summed E-state index contributed by atoms with van der Waals surface area (Å²) in [4.78, 5) is 10.2. The summed E-state index contributed by atoms with van der Waals surface area (Å²) in [5.74, 6) is -0.219. The lowest BCUT2D eigenvalue weighted by Crippen LogP contribution is -2.12. The number of hydrogen-bond donors (Lipinski definition) is 1. The number of carbonyl (C=O) groups is 1. The predicted molar refractivity (Wildman–Crippen MR) is 31.5 cm³/mol. The van der Waals surface area contributed by atoms with Crippen LogP contribution >= 0.6 is 0 Å². The molecule has 0 radical (unpaired) electrons. The van der Waals surface area contributed by atoms with Crippen LogP contribution < -0.4 is 0 Å². The van der Waals surface area contributed by atoms with Gasteiger partial charge in [-0.1, -0.05) is 12.2 Å². The fourth-order valence-electron chi connectivity index (χ4n) is 0.318. The fourth-order valence-corrected chi connectivity index (χ4v) is 0.318. The molecule has 0 spiro atoms. The summed E-state index contributed by atoms with van der Waals surface area (Å²) in [7, 11) is 0. The van der Waals surface area contributed by atoms with Gasteiger partial charge in [0.2, 0.25) is 0 Å². The quantitative estimate of drug-likeness (QED) is 0.531. The van der Waals surface area contributed by atoms with Crippen molar-refractivity contribution in [3.63, 3.8) is 0 Å². The molecule has 0 aliphatic carbocycles. The van der Waals surface area contributed by atoms with E-state index in [-0.39, 0.29) is 5.78 Å². The Morgan fingerprint density at radius 1 is 1.75 bits per heavy atom. The third-order valence-electron chi connectivity index (χ3n) is 0.791. The Bertz CT molecular complexity index is 105. The van der Waals surface area contributed by atoms with Gasteiger partial charge in [-0.3, -0.25) is 4.79 Å². The first-order chi connectivity index (χ1) is 3.68. The van der Waals surface area contributed by atoms with E-state index in [0.29, 0.717) is 0 Å². The molecule has 0 rings (SSSR count). The Kier molecular flexibility index (Phi) is 3.12. The Balaban J connectivity index is 3.64. The number of carbonyl (C=O) groups excluding carboxylic acids is 1. The van der Waals surface area contributed by atoms with E-state index in [1.54, 1.807) is 13.0 Å². The maximum Gasteiger partial charge on any atom is 0.162 e. The molecule has 0 saturated heterocycles. The van der Waals surface area contributed by atoms with Gasteiger partial charge < -0.3 is 5.11 Å². The van der Waals surface area contributed by atoms with Crippen LogP contribution in [0.2, 0.25) is 0 Å². The highest BCUT2D eigenvalue weighted by atomic mass is 16.3. The van der Waals surface area contributed by atoms with Gasteiger partial charge in [-0.05, 0) is 13.8 Å². The number of ketones is 1. The summed E-state index contributed by atoms with van der Waals surface area (Å²) in [6.45, 7) is 3.11. The summed E-state index contributed by atoms with van der Waals surface area (Å²) < 4.78 is 0. The number of hydrogen-bond acceptors (Lipinski definition) is 2. The van der Waals surface area contributed by atoms with E-state index in [0.717, 1.165) is 0 Å². The zero-order valence-electron chi connectivity index (χ0n) is 5.09. The van der Waals surface area contributed by atoms with Gasteiger partial charge in [-0.25, -0.2) is 0 Å². The highest BCUT2D eigenvalue weighted by Crippen LogP contribution is 1.85. The molecule has 0 heterocycles. The minimum atomic E-state index is -0.903. The predicted octanol–water partition coefficient (Wildman–Crippen LogP) is 0.512. The lowest BCUT2D eigenvalue weighted by molar-refractivity contribution is -0.122. The summed E-state index contributed by atoms with van der Waals surface area (Å²) >= 11 is 0. The van der Waals surface area contributed by atoms with Crippen LogP contribution in [0, 0.1) is 0 Å². The molecule has 0 aliphatic heterocycles. The average molecular weight is 114 g/mol. The standard InChI is InChI=1S/C6H10O2/c1-3-4-6(8)5(2)7/h3-4,6,8H,1-2H3/b4-3+/t6-/m0/s1. The first-order valence-corrected chi connectivity index (χ1v) is 2.50. The summed E-state index contributed by atoms with van der Waals surface area (Å²) in [6.07, 6.45) is 2.19. The van der Waals surface area contributed by atoms with Gasteiger partial charge in [0, 0.05) is 0 Å². The second kappa shape index (κ2) is 3.38. The minimum absolute atomic E-state index is 0.219. The van der Waals surface area contributed by atoms with Crippen molar-refractivity contribution in [2.24, 2.45) is 0 Å². The van der Waals surface area contributed by atoms with E-state index in [1.807, 2.05) is 0 Å². The second-order valence-corrected chi connectivity index (χ2v) is 1.58. The van der Waals surface area contributed by atoms with Crippen molar-refractivity contribution < 1.29 is 9.90 Å². The van der Waals surface area contributed by atoms with Gasteiger partial charge >= 0.3 is 0 Å². The molecular formula is C6H10O2. The first kappa shape index (κ1) is 7.37. The van der Waals surface area contributed by atoms with Crippen LogP contribution in [-0.4, -0.2) is 17.0 Å². The zero-order valence-corrected chi connectivity index (χ0v) is 5.09. The van der Waals surface area contributed by atoms with Gasteiger partial charge in [0.1, 0.15) is 6.10 Å². The molecule has 0 aromatic carbocycles. The van der Waals surface area contributed by atoms with Crippen molar-refractivity contribution in [3.05, 3.63) is 12.2 Å². The first-order valence-electron chi connectivity index (χ1n) is 2.50. The van der Waals surface area contributed by atoms with Gasteiger partial charge in [0.15, 0.2) is 5.78 Å². The maximum absolute atomic E-state index is 10.2. The molecule has 1 N–H and O–H groups in total. The van der Waals surface area contributed by atoms with E-state index in [2.05, 4.69) is 0 Å². The van der Waals surface area contributed by atoms with Gasteiger partial charge in [0.25, 0.3) is 0 Å². The molecule has 2 nitrogen and oxygen atoms in total. The molecule has 0 bridgehead atoms. The Hall–Kier alpha value is -0.630. The van der Waals surface area contributed by atoms with Crippen molar-refractivity contribution in [3.8, 4) is 0 Å².